The van der Waals surface area contributed by atoms with Crippen LogP contribution < -0.4 is 0 Å². The Balaban J connectivity index is 2.28. The Bertz CT molecular complexity index is 528. The van der Waals surface area contributed by atoms with Gasteiger partial charge in [0.15, 0.2) is 0 Å². The molecule has 8 heteroatoms. The molecular weight excluding hydrogens is 278 g/mol. The smallest absolute Gasteiger partial charge is 0.263 e. The van der Waals surface area contributed by atoms with E-state index in [1.165, 1.54) is 15.2 Å². The summed E-state index contributed by atoms with van der Waals surface area (Å²) in [6.07, 6.45) is 2.12. The maximum atomic E-state index is 12.4. The lowest BCUT2D eigenvalue weighted by atomic mass is 10.2. The van der Waals surface area contributed by atoms with Gasteiger partial charge in [-0.3, -0.25) is 0 Å². The van der Waals surface area contributed by atoms with Gasteiger partial charge in [0, 0.05) is 20.1 Å². The molecule has 0 saturated carbocycles. The minimum Gasteiger partial charge on any atom is -0.375 e. The Morgan fingerprint density at radius 2 is 2.33 bits per heavy atom. The van der Waals surface area contributed by atoms with Gasteiger partial charge < -0.3 is 9.30 Å². The maximum absolute atomic E-state index is 12.4. The number of morpholine rings is 1. The van der Waals surface area contributed by atoms with Gasteiger partial charge in [0.1, 0.15) is 5.15 Å². The zero-order chi connectivity index (χ0) is 13.3. The minimum absolute atomic E-state index is 0.0592. The predicted molar refractivity (Wildman–Crippen MR) is 67.0 cm³/mol. The number of hydrogen-bond acceptors (Lipinski definition) is 4. The van der Waals surface area contributed by atoms with Gasteiger partial charge in [0.05, 0.1) is 19.0 Å². The number of aryl methyl sites for hydroxylation is 1. The number of nitrogens with zero attached hydrogens (tertiary/aromatic N) is 3. The molecule has 0 N–H and O–H groups in total. The molecule has 0 bridgehead atoms. The van der Waals surface area contributed by atoms with Gasteiger partial charge in [0.25, 0.3) is 10.0 Å². The van der Waals surface area contributed by atoms with Crippen LogP contribution in [0.2, 0.25) is 5.15 Å². The van der Waals surface area contributed by atoms with Crippen LogP contribution in [0.15, 0.2) is 11.4 Å². The highest BCUT2D eigenvalue weighted by molar-refractivity contribution is 7.89. The Morgan fingerprint density at radius 1 is 1.61 bits per heavy atom. The van der Waals surface area contributed by atoms with Crippen LogP contribution >= 0.6 is 11.6 Å². The fourth-order valence-electron chi connectivity index (χ4n) is 1.85. The zero-order valence-electron chi connectivity index (χ0n) is 10.3. The van der Waals surface area contributed by atoms with Gasteiger partial charge in [-0.05, 0) is 6.42 Å². The van der Waals surface area contributed by atoms with Crippen molar-refractivity contribution in [2.45, 2.75) is 24.5 Å². The molecule has 1 aromatic heterocycles. The molecule has 0 aliphatic carbocycles. The summed E-state index contributed by atoms with van der Waals surface area (Å²) in [5.74, 6) is 0. The molecule has 1 aliphatic rings. The first-order chi connectivity index (χ1) is 8.46. The summed E-state index contributed by atoms with van der Waals surface area (Å²) >= 11 is 5.95. The summed E-state index contributed by atoms with van der Waals surface area (Å²) in [7, 11) is -1.97. The fraction of sp³-hybridized carbons (Fsp3) is 0.700. The number of imidazole rings is 1. The van der Waals surface area contributed by atoms with Crippen molar-refractivity contribution in [2.24, 2.45) is 7.05 Å². The first-order valence-electron chi connectivity index (χ1n) is 5.75. The largest absolute Gasteiger partial charge is 0.375 e. The third kappa shape index (κ3) is 2.40. The molecular formula is C10H16ClN3O3S. The molecule has 2 rings (SSSR count). The number of aromatic nitrogens is 2. The lowest BCUT2D eigenvalue weighted by Gasteiger charge is -2.31. The van der Waals surface area contributed by atoms with Crippen molar-refractivity contribution in [3.63, 3.8) is 0 Å². The van der Waals surface area contributed by atoms with Crippen LogP contribution in [0.3, 0.4) is 0 Å². The zero-order valence-corrected chi connectivity index (χ0v) is 11.9. The van der Waals surface area contributed by atoms with E-state index in [0.717, 1.165) is 6.42 Å². The SMILES string of the molecule is CC[C@@H]1CN(S(=O)(=O)c2ncn(C)c2Cl)CCO1. The van der Waals surface area contributed by atoms with E-state index >= 15 is 0 Å². The first-order valence-corrected chi connectivity index (χ1v) is 7.57. The summed E-state index contributed by atoms with van der Waals surface area (Å²) < 4.78 is 33.1. The van der Waals surface area contributed by atoms with Gasteiger partial charge in [-0.1, -0.05) is 18.5 Å². The van der Waals surface area contributed by atoms with Crippen molar-refractivity contribution < 1.29 is 13.2 Å². The van der Waals surface area contributed by atoms with Crippen molar-refractivity contribution in [1.82, 2.24) is 13.9 Å². The maximum Gasteiger partial charge on any atom is 0.263 e. The standard InChI is InChI=1S/C10H16ClN3O3S/c1-3-8-6-14(4-5-17-8)18(15,16)10-9(11)13(2)7-12-10/h7-8H,3-6H2,1-2H3/t8-/m1/s1. The first kappa shape index (κ1) is 13.8. The van der Waals surface area contributed by atoms with E-state index in [-0.39, 0.29) is 16.3 Å². The number of hydrogen-bond donors (Lipinski definition) is 0. The summed E-state index contributed by atoms with van der Waals surface area (Å²) in [5, 5.41) is 0.0537. The van der Waals surface area contributed by atoms with E-state index in [4.69, 9.17) is 16.3 Å². The summed E-state index contributed by atoms with van der Waals surface area (Å²) in [6.45, 7) is 3.06. The van der Waals surface area contributed by atoms with Gasteiger partial charge in [-0.25, -0.2) is 13.4 Å². The molecule has 1 saturated heterocycles. The van der Waals surface area contributed by atoms with E-state index in [0.29, 0.717) is 19.7 Å². The van der Waals surface area contributed by atoms with Crippen LogP contribution in [0.4, 0.5) is 0 Å². The number of sulfonamides is 1. The normalized spacial score (nSPS) is 22.3. The highest BCUT2D eigenvalue weighted by Crippen LogP contribution is 2.24. The van der Waals surface area contributed by atoms with Crippen molar-refractivity contribution in [1.29, 1.82) is 0 Å². The van der Waals surface area contributed by atoms with E-state index in [1.54, 1.807) is 7.05 Å². The van der Waals surface area contributed by atoms with Crippen LogP contribution in [0, 0.1) is 0 Å². The Labute approximate surface area is 112 Å². The highest BCUT2D eigenvalue weighted by atomic mass is 35.5. The lowest BCUT2D eigenvalue weighted by Crippen LogP contribution is -2.45. The molecule has 0 amide bonds. The molecule has 1 atom stereocenters. The summed E-state index contributed by atoms with van der Waals surface area (Å²) in [6, 6.07) is 0. The second kappa shape index (κ2) is 5.16. The minimum atomic E-state index is -3.63. The predicted octanol–water partition coefficient (Wildman–Crippen LogP) is 0.873. The van der Waals surface area contributed by atoms with Crippen LogP contribution in [-0.2, 0) is 21.8 Å². The average molecular weight is 294 g/mol. The van der Waals surface area contributed by atoms with Gasteiger partial charge >= 0.3 is 0 Å². The van der Waals surface area contributed by atoms with Crippen molar-refractivity contribution in [3.8, 4) is 0 Å². The third-order valence-electron chi connectivity index (χ3n) is 2.98. The number of halogens is 1. The topological polar surface area (TPSA) is 64.4 Å². The summed E-state index contributed by atoms with van der Waals surface area (Å²) in [5.41, 5.74) is 0. The summed E-state index contributed by atoms with van der Waals surface area (Å²) in [4.78, 5) is 3.87. The van der Waals surface area contributed by atoms with E-state index in [2.05, 4.69) is 4.98 Å². The van der Waals surface area contributed by atoms with Crippen LogP contribution in [0.5, 0.6) is 0 Å². The Hall–Kier alpha value is -0.630. The molecule has 102 valence electrons. The second-order valence-corrected chi connectivity index (χ2v) is 6.43. The van der Waals surface area contributed by atoms with Gasteiger partial charge in [0.2, 0.25) is 5.03 Å². The quantitative estimate of drug-likeness (QED) is 0.830. The third-order valence-corrected chi connectivity index (χ3v) is 5.33. The molecule has 0 unspecified atom stereocenters. The molecule has 0 radical (unpaired) electrons. The monoisotopic (exact) mass is 293 g/mol. The molecule has 2 heterocycles. The Kier molecular flexibility index (Phi) is 3.96. The molecule has 1 aliphatic heterocycles. The highest BCUT2D eigenvalue weighted by Gasteiger charge is 2.33. The molecule has 0 aromatic carbocycles. The van der Waals surface area contributed by atoms with Crippen LogP contribution in [-0.4, -0.2) is 48.1 Å². The number of rotatable bonds is 3. The van der Waals surface area contributed by atoms with Crippen molar-refractivity contribution in [3.05, 3.63) is 11.5 Å². The van der Waals surface area contributed by atoms with Crippen LogP contribution in [0.1, 0.15) is 13.3 Å². The van der Waals surface area contributed by atoms with Gasteiger partial charge in [-0.15, -0.1) is 0 Å². The van der Waals surface area contributed by atoms with E-state index < -0.39 is 10.0 Å². The van der Waals surface area contributed by atoms with Crippen molar-refractivity contribution >= 4 is 21.6 Å². The van der Waals surface area contributed by atoms with E-state index in [1.807, 2.05) is 6.92 Å². The van der Waals surface area contributed by atoms with Gasteiger partial charge in [-0.2, -0.15) is 4.31 Å². The van der Waals surface area contributed by atoms with Crippen LogP contribution in [0.25, 0.3) is 0 Å². The fourth-order valence-corrected chi connectivity index (χ4v) is 3.69. The van der Waals surface area contributed by atoms with Crippen molar-refractivity contribution in [2.75, 3.05) is 19.7 Å². The molecule has 1 fully saturated rings. The molecule has 1 aromatic rings. The molecule has 0 spiro atoms. The lowest BCUT2D eigenvalue weighted by molar-refractivity contribution is -0.00283. The Morgan fingerprint density at radius 3 is 2.89 bits per heavy atom. The average Bonchev–Trinajstić information content (AvgIpc) is 2.70. The van der Waals surface area contributed by atoms with E-state index in [9.17, 15) is 8.42 Å². The number of ether oxygens (including phenoxy) is 1. The second-order valence-electron chi connectivity index (χ2n) is 4.22. The molecule has 6 nitrogen and oxygen atoms in total. The molecule has 18 heavy (non-hydrogen) atoms.